The lowest BCUT2D eigenvalue weighted by Crippen LogP contribution is -2.61. The lowest BCUT2D eigenvalue weighted by atomic mass is 9.96. The average molecular weight is 368 g/mol. The summed E-state index contributed by atoms with van der Waals surface area (Å²) in [6, 6.07) is 0. The Bertz CT molecular complexity index is 457. The Balaban J connectivity index is 2.80. The minimum atomic E-state index is -5.39. The molecule has 1 aliphatic rings. The molecule has 4 unspecified atom stereocenters. The molecule has 0 saturated carbocycles. The number of hydrogen-bond acceptors (Lipinski definition) is 11. The molecule has 0 aromatic carbocycles. The first kappa shape index (κ1) is 20.1. The third-order valence-electron chi connectivity index (χ3n) is 2.63. The van der Waals surface area contributed by atoms with Crippen molar-refractivity contribution in [2.24, 2.45) is 0 Å². The molecule has 1 fully saturated rings. The molecule has 0 aromatic heterocycles. The van der Waals surface area contributed by atoms with Crippen molar-refractivity contribution in [1.29, 1.82) is 0 Å². The molecule has 1 saturated heterocycles. The zero-order chi connectivity index (χ0) is 17.3. The first-order chi connectivity index (χ1) is 9.82. The summed E-state index contributed by atoms with van der Waals surface area (Å²) in [4.78, 5) is 37.9. The molecule has 0 radical (unpaired) electrons. The minimum Gasteiger partial charge on any atom is -0.756 e. The second-order valence-corrected chi connectivity index (χ2v) is 6.69. The van der Waals surface area contributed by atoms with Crippen LogP contribution in [0.1, 0.15) is 0 Å². The molecule has 13 nitrogen and oxygen atoms in total. The molecule has 15 heteroatoms. The summed E-state index contributed by atoms with van der Waals surface area (Å²) < 4.78 is 33.4. The number of phosphoric acid groups is 2. The van der Waals surface area contributed by atoms with Crippen LogP contribution < -0.4 is 9.79 Å². The highest BCUT2D eigenvalue weighted by molar-refractivity contribution is 7.45. The Morgan fingerprint density at radius 2 is 1.59 bits per heavy atom. The summed E-state index contributed by atoms with van der Waals surface area (Å²) in [7, 11) is -10.6. The average Bonchev–Trinajstić information content (AvgIpc) is 2.34. The van der Waals surface area contributed by atoms with Gasteiger partial charge in [-0.25, -0.2) is 0 Å². The summed E-state index contributed by atoms with van der Waals surface area (Å²) in [5.74, 6) is 0. The van der Waals surface area contributed by atoms with Crippen LogP contribution in [0.2, 0.25) is 0 Å². The molecule has 0 bridgehead atoms. The first-order valence-corrected chi connectivity index (χ1v) is 8.59. The fraction of sp³-hybridized carbons (Fsp3) is 1.00. The zero-order valence-corrected chi connectivity index (χ0v) is 12.4. The number of aliphatic hydroxyl groups excluding tert-OH is 4. The van der Waals surface area contributed by atoms with Gasteiger partial charge in [0.1, 0.15) is 30.5 Å². The molecular formula is C7H14O13P2-2. The maximum absolute atomic E-state index is 10.6. The van der Waals surface area contributed by atoms with Gasteiger partial charge in [0.2, 0.25) is 0 Å². The van der Waals surface area contributed by atoms with Crippen LogP contribution in [0.4, 0.5) is 0 Å². The van der Waals surface area contributed by atoms with Crippen molar-refractivity contribution in [2.45, 2.75) is 36.8 Å². The number of rotatable bonds is 6. The van der Waals surface area contributed by atoms with E-state index in [0.29, 0.717) is 0 Å². The van der Waals surface area contributed by atoms with Gasteiger partial charge in [-0.05, 0) is 0 Å². The minimum absolute atomic E-state index is 1.11. The van der Waals surface area contributed by atoms with Crippen molar-refractivity contribution in [1.82, 2.24) is 0 Å². The van der Waals surface area contributed by atoms with Gasteiger partial charge in [0.25, 0.3) is 15.6 Å². The summed E-state index contributed by atoms with van der Waals surface area (Å²) >= 11 is 0. The predicted molar refractivity (Wildman–Crippen MR) is 59.4 cm³/mol. The lowest BCUT2D eigenvalue weighted by molar-refractivity contribution is -0.311. The van der Waals surface area contributed by atoms with Crippen molar-refractivity contribution in [3.63, 3.8) is 0 Å². The van der Waals surface area contributed by atoms with E-state index in [0.717, 1.165) is 0 Å². The van der Waals surface area contributed by atoms with Crippen LogP contribution in [0.3, 0.4) is 0 Å². The molecular weight excluding hydrogens is 354 g/mol. The number of hydrogen-bond donors (Lipinski definition) is 6. The molecule has 22 heavy (non-hydrogen) atoms. The van der Waals surface area contributed by atoms with Crippen LogP contribution in [0.5, 0.6) is 0 Å². The van der Waals surface area contributed by atoms with Gasteiger partial charge in [0, 0.05) is 0 Å². The quantitative estimate of drug-likeness (QED) is 0.242. The molecule has 0 spiro atoms. The second-order valence-electron chi connectivity index (χ2n) is 4.35. The molecule has 1 rings (SSSR count). The Hall–Kier alpha value is 0.0200. The van der Waals surface area contributed by atoms with Crippen LogP contribution in [0, 0.1) is 0 Å². The van der Waals surface area contributed by atoms with Crippen molar-refractivity contribution >= 4 is 15.6 Å². The number of ether oxygens (including phenoxy) is 1. The van der Waals surface area contributed by atoms with Crippen molar-refractivity contribution < 1.29 is 62.9 Å². The van der Waals surface area contributed by atoms with E-state index in [9.17, 15) is 39.3 Å². The maximum atomic E-state index is 10.6. The third kappa shape index (κ3) is 5.91. The van der Waals surface area contributed by atoms with Crippen molar-refractivity contribution in [3.8, 4) is 0 Å². The van der Waals surface area contributed by atoms with Crippen molar-refractivity contribution in [3.05, 3.63) is 0 Å². The SMILES string of the molecule is O=P([O-])(O)OC[C@@H](O)C1O[C@H](OP(=O)([O-])O)C(O)[C@@H](O)[C@@H]1O. The Morgan fingerprint density at radius 3 is 2.05 bits per heavy atom. The molecule has 1 aliphatic heterocycles. The second kappa shape index (κ2) is 7.28. The van der Waals surface area contributed by atoms with E-state index in [1.807, 2.05) is 0 Å². The standard InChI is InChI=1S/C7H16O13P2/c8-2(1-18-21(12,13)14)6-4(10)3(9)5(11)7(19-6)20-22(15,16)17/h2-11H,1H2,(H2,12,13,14)(H2,15,16,17)/p-2/t2-,3+,4+,5?,6?,7-/m1/s1. The monoisotopic (exact) mass is 368 g/mol. The van der Waals surface area contributed by atoms with Crippen LogP contribution in [0.15, 0.2) is 0 Å². The van der Waals surface area contributed by atoms with E-state index in [4.69, 9.17) is 9.79 Å². The summed E-state index contributed by atoms with van der Waals surface area (Å²) in [6.45, 7) is -1.11. The molecule has 8 atom stereocenters. The fourth-order valence-electron chi connectivity index (χ4n) is 1.68. The van der Waals surface area contributed by atoms with Gasteiger partial charge in [-0.3, -0.25) is 13.7 Å². The van der Waals surface area contributed by atoms with E-state index in [1.54, 1.807) is 0 Å². The van der Waals surface area contributed by atoms with Gasteiger partial charge in [-0.1, -0.05) is 0 Å². The maximum Gasteiger partial charge on any atom is 0.267 e. The third-order valence-corrected chi connectivity index (χ3v) is 3.58. The van der Waals surface area contributed by atoms with Gasteiger partial charge in [0.05, 0.1) is 6.61 Å². The highest BCUT2D eigenvalue weighted by Gasteiger charge is 2.48. The van der Waals surface area contributed by atoms with Crippen LogP contribution in [-0.4, -0.2) is 73.6 Å². The molecule has 0 aliphatic carbocycles. The summed E-state index contributed by atoms with van der Waals surface area (Å²) in [5.41, 5.74) is 0. The van der Waals surface area contributed by atoms with Gasteiger partial charge in [0.15, 0.2) is 6.29 Å². The van der Waals surface area contributed by atoms with E-state index in [-0.39, 0.29) is 0 Å². The summed E-state index contributed by atoms with van der Waals surface area (Å²) in [5, 5.41) is 38.1. The molecule has 132 valence electrons. The lowest BCUT2D eigenvalue weighted by Gasteiger charge is -2.42. The molecule has 1 heterocycles. The van der Waals surface area contributed by atoms with E-state index >= 15 is 0 Å². The van der Waals surface area contributed by atoms with Crippen LogP contribution >= 0.6 is 15.6 Å². The Kier molecular flexibility index (Phi) is 6.64. The van der Waals surface area contributed by atoms with Gasteiger partial charge < -0.3 is 49.3 Å². The largest absolute Gasteiger partial charge is 0.756 e. The van der Waals surface area contributed by atoms with Gasteiger partial charge >= 0.3 is 0 Å². The van der Waals surface area contributed by atoms with Crippen LogP contribution in [0.25, 0.3) is 0 Å². The Morgan fingerprint density at radius 1 is 1.05 bits per heavy atom. The highest BCUT2D eigenvalue weighted by Crippen LogP contribution is 2.37. The fourth-order valence-corrected chi connectivity index (χ4v) is 2.45. The first-order valence-electron chi connectivity index (χ1n) is 5.60. The number of phosphoric ester groups is 2. The topological polar surface area (TPSA) is 229 Å². The van der Waals surface area contributed by atoms with Gasteiger partial charge in [-0.15, -0.1) is 0 Å². The zero-order valence-electron chi connectivity index (χ0n) is 10.6. The molecule has 6 N–H and O–H groups in total. The molecule has 0 amide bonds. The Labute approximate surface area is 123 Å². The number of aliphatic hydroxyl groups is 4. The highest BCUT2D eigenvalue weighted by atomic mass is 31.2. The van der Waals surface area contributed by atoms with Gasteiger partial charge in [-0.2, -0.15) is 0 Å². The van der Waals surface area contributed by atoms with E-state index in [1.165, 1.54) is 0 Å². The van der Waals surface area contributed by atoms with E-state index < -0.39 is 59.1 Å². The summed E-state index contributed by atoms with van der Waals surface area (Å²) in [6.07, 6.45) is -12.2. The molecule has 0 aromatic rings. The van der Waals surface area contributed by atoms with Crippen molar-refractivity contribution in [2.75, 3.05) is 6.61 Å². The van der Waals surface area contributed by atoms with E-state index in [2.05, 4.69) is 13.8 Å². The normalized spacial score (nSPS) is 39.7. The van der Waals surface area contributed by atoms with Crippen LogP contribution in [-0.2, 0) is 22.9 Å². The predicted octanol–water partition coefficient (Wildman–Crippen LogP) is -4.89. The smallest absolute Gasteiger partial charge is 0.267 e.